The van der Waals surface area contributed by atoms with Crippen LogP contribution in [0.25, 0.3) is 22.3 Å². The van der Waals surface area contributed by atoms with Gasteiger partial charge in [-0.2, -0.15) is 26.0 Å². The molecule has 0 amide bonds. The van der Waals surface area contributed by atoms with Gasteiger partial charge in [0.1, 0.15) is 40.2 Å². The van der Waals surface area contributed by atoms with E-state index in [0.717, 1.165) is 45.5 Å². The maximum atomic E-state index is 14.6. The van der Waals surface area contributed by atoms with Gasteiger partial charge in [-0.3, -0.25) is 4.55 Å². The van der Waals surface area contributed by atoms with Crippen LogP contribution in [-0.2, 0) is 20.0 Å². The zero-order chi connectivity index (χ0) is 43.6. The summed E-state index contributed by atoms with van der Waals surface area (Å²) in [7, 11) is -10.3. The summed E-state index contributed by atoms with van der Waals surface area (Å²) in [5.74, 6) is -0.0195. The van der Waals surface area contributed by atoms with Crippen molar-refractivity contribution in [1.29, 1.82) is 0 Å². The SMILES string of the molecule is Cc1ccc(-c2ccc(Oc3cc(Oc4ccc(-c5ccc(Oc6ccc(S(=O)(=O)c7ccc(C)cc7)cc6)cc5)cc4)cc(OC(F)(F)C(F)(F)S(=O)(=O)O)c3)cc2)cc1. The van der Waals surface area contributed by atoms with Crippen LogP contribution in [0.3, 0.4) is 0 Å². The molecular weight excluding hydrogens is 837 g/mol. The number of aryl methyl sites for hydroxylation is 2. The molecule has 0 spiro atoms. The van der Waals surface area contributed by atoms with Gasteiger partial charge in [0.25, 0.3) is 0 Å². The Labute approximate surface area is 349 Å². The first-order valence-electron chi connectivity index (χ1n) is 18.3. The van der Waals surface area contributed by atoms with Gasteiger partial charge in [-0.25, -0.2) is 8.42 Å². The van der Waals surface area contributed by atoms with Crippen LogP contribution in [0.2, 0.25) is 0 Å². The van der Waals surface area contributed by atoms with E-state index < -0.39 is 37.1 Å². The Hall–Kier alpha value is -6.68. The van der Waals surface area contributed by atoms with Gasteiger partial charge in [-0.05, 0) is 109 Å². The van der Waals surface area contributed by atoms with Crippen LogP contribution in [0.4, 0.5) is 17.6 Å². The number of hydrogen-bond acceptors (Lipinski definition) is 8. The third-order valence-electron chi connectivity index (χ3n) is 9.22. The Kier molecular flexibility index (Phi) is 11.7. The summed E-state index contributed by atoms with van der Waals surface area (Å²) in [5.41, 5.74) is 5.32. The van der Waals surface area contributed by atoms with Crippen molar-refractivity contribution in [3.8, 4) is 62.5 Å². The smallest absolute Gasteiger partial charge is 0.457 e. The molecule has 0 radical (unpaired) electrons. The maximum absolute atomic E-state index is 14.6. The highest BCUT2D eigenvalue weighted by atomic mass is 32.2. The van der Waals surface area contributed by atoms with E-state index in [-0.39, 0.29) is 32.8 Å². The van der Waals surface area contributed by atoms with Gasteiger partial charge in [0.05, 0.1) is 9.79 Å². The first-order valence-corrected chi connectivity index (χ1v) is 21.2. The minimum atomic E-state index is -6.58. The van der Waals surface area contributed by atoms with E-state index in [0.29, 0.717) is 11.5 Å². The second-order valence-corrected chi connectivity index (χ2v) is 17.2. The number of hydrogen-bond donors (Lipinski definition) is 1. The van der Waals surface area contributed by atoms with Crippen LogP contribution < -0.4 is 18.9 Å². The molecule has 15 heteroatoms. The number of sulfone groups is 1. The highest BCUT2D eigenvalue weighted by Crippen LogP contribution is 2.43. The lowest BCUT2D eigenvalue weighted by Crippen LogP contribution is -2.50. The van der Waals surface area contributed by atoms with Gasteiger partial charge in [0.15, 0.2) is 0 Å². The second kappa shape index (κ2) is 16.8. The van der Waals surface area contributed by atoms with Crippen LogP contribution >= 0.6 is 0 Å². The van der Waals surface area contributed by atoms with Gasteiger partial charge in [0.2, 0.25) is 9.84 Å². The van der Waals surface area contributed by atoms with E-state index in [4.69, 9.17) is 18.8 Å². The van der Waals surface area contributed by atoms with Gasteiger partial charge < -0.3 is 18.9 Å². The molecule has 0 aliphatic heterocycles. The third-order valence-corrected chi connectivity index (χ3v) is 11.9. The Morgan fingerprint density at radius 1 is 0.410 bits per heavy atom. The van der Waals surface area contributed by atoms with Crippen molar-refractivity contribution in [3.63, 3.8) is 0 Å². The monoisotopic (exact) mass is 870 g/mol. The van der Waals surface area contributed by atoms with Gasteiger partial charge >= 0.3 is 21.5 Å². The van der Waals surface area contributed by atoms with Crippen molar-refractivity contribution in [2.24, 2.45) is 0 Å². The van der Waals surface area contributed by atoms with Gasteiger partial charge in [0, 0.05) is 18.2 Å². The molecule has 7 aromatic rings. The van der Waals surface area contributed by atoms with Crippen LogP contribution in [0.15, 0.2) is 174 Å². The minimum Gasteiger partial charge on any atom is -0.457 e. The number of benzene rings is 7. The Balaban J connectivity index is 1.06. The Morgan fingerprint density at radius 2 is 0.689 bits per heavy atom. The molecule has 0 aliphatic carbocycles. The largest absolute Gasteiger partial charge is 0.483 e. The van der Waals surface area contributed by atoms with E-state index >= 15 is 0 Å². The summed E-state index contributed by atoms with van der Waals surface area (Å²) in [5, 5.41) is -6.00. The molecule has 0 aromatic heterocycles. The molecule has 7 aromatic carbocycles. The number of alkyl halides is 4. The lowest BCUT2D eigenvalue weighted by atomic mass is 10.0. The van der Waals surface area contributed by atoms with Crippen molar-refractivity contribution < 1.29 is 57.9 Å². The highest BCUT2D eigenvalue weighted by molar-refractivity contribution is 7.91. The van der Waals surface area contributed by atoms with E-state index in [9.17, 15) is 34.4 Å². The van der Waals surface area contributed by atoms with Crippen molar-refractivity contribution >= 4 is 20.0 Å². The number of ether oxygens (including phenoxy) is 4. The lowest BCUT2D eigenvalue weighted by Gasteiger charge is -2.24. The zero-order valence-electron chi connectivity index (χ0n) is 32.1. The molecule has 61 heavy (non-hydrogen) atoms. The van der Waals surface area contributed by atoms with Crippen LogP contribution in [0.1, 0.15) is 11.1 Å². The Bertz CT molecular complexity index is 2870. The minimum absolute atomic E-state index is 0.128. The fraction of sp³-hybridized carbons (Fsp3) is 0.0870. The molecule has 0 bridgehead atoms. The highest BCUT2D eigenvalue weighted by Gasteiger charge is 2.69. The second-order valence-electron chi connectivity index (χ2n) is 13.8. The number of rotatable bonds is 14. The van der Waals surface area contributed by atoms with E-state index in [1.54, 1.807) is 109 Å². The third kappa shape index (κ3) is 9.70. The normalized spacial score (nSPS) is 12.1. The van der Waals surface area contributed by atoms with Crippen molar-refractivity contribution in [3.05, 3.63) is 175 Å². The summed E-state index contributed by atoms with van der Waals surface area (Å²) in [6, 6.07) is 43.6. The molecule has 0 fully saturated rings. The fourth-order valence-corrected chi connectivity index (χ4v) is 7.52. The van der Waals surface area contributed by atoms with Gasteiger partial charge in [-0.15, -0.1) is 0 Å². The molecule has 7 rings (SSSR count). The molecule has 0 saturated carbocycles. The molecule has 0 heterocycles. The summed E-state index contributed by atoms with van der Waals surface area (Å²) in [4.78, 5) is 0.318. The summed E-state index contributed by atoms with van der Waals surface area (Å²) in [6.45, 7) is 3.83. The molecule has 0 unspecified atom stereocenters. The quantitative estimate of drug-likeness (QED) is 0.0839. The zero-order valence-corrected chi connectivity index (χ0v) is 33.8. The molecule has 312 valence electrons. The summed E-state index contributed by atoms with van der Waals surface area (Å²) >= 11 is 0. The van der Waals surface area contributed by atoms with E-state index in [1.165, 1.54) is 18.2 Å². The summed E-state index contributed by atoms with van der Waals surface area (Å²) < 4.78 is 136. The van der Waals surface area contributed by atoms with E-state index in [2.05, 4.69) is 4.74 Å². The molecule has 0 saturated heterocycles. The first-order chi connectivity index (χ1) is 28.9. The Morgan fingerprint density at radius 3 is 1.05 bits per heavy atom. The number of halogens is 4. The first kappa shape index (κ1) is 42.4. The van der Waals surface area contributed by atoms with Crippen molar-refractivity contribution in [2.45, 2.75) is 35.0 Å². The van der Waals surface area contributed by atoms with Crippen molar-refractivity contribution in [2.75, 3.05) is 0 Å². The molecule has 0 atom stereocenters. The van der Waals surface area contributed by atoms with E-state index in [1.807, 2.05) is 38.1 Å². The molecule has 1 N–H and O–H groups in total. The fourth-order valence-electron chi connectivity index (χ4n) is 5.92. The van der Waals surface area contributed by atoms with Gasteiger partial charge in [-0.1, -0.05) is 83.9 Å². The molecule has 0 aliphatic rings. The standard InChI is InChI=1S/C46H34F4O9S2/c1-30-3-7-32(8-4-30)33-11-17-37(18-12-33)57-40-27-41(29-42(28-40)59-45(47,48)46(49,50)61(53,54)55)58-38-19-13-35(14-20-38)34-9-15-36(16-10-34)56-39-21-25-44(26-22-39)60(51,52)43-23-5-31(2)6-24-43/h3-29H,1-2H3,(H,53,54,55). The average Bonchev–Trinajstić information content (AvgIpc) is 3.22. The van der Waals surface area contributed by atoms with Crippen LogP contribution in [0.5, 0.6) is 40.2 Å². The van der Waals surface area contributed by atoms with Crippen LogP contribution in [0, 0.1) is 13.8 Å². The van der Waals surface area contributed by atoms with Crippen molar-refractivity contribution in [1.82, 2.24) is 0 Å². The molecular formula is C46H34F4O9S2. The lowest BCUT2D eigenvalue weighted by molar-refractivity contribution is -0.274. The van der Waals surface area contributed by atoms with Crippen LogP contribution in [-0.4, -0.2) is 32.8 Å². The summed E-state index contributed by atoms with van der Waals surface area (Å²) in [6.07, 6.45) is -5.70. The molecule has 9 nitrogen and oxygen atoms in total. The topological polar surface area (TPSA) is 125 Å². The predicted octanol–water partition coefficient (Wildman–Crippen LogP) is 12.3. The predicted molar refractivity (Wildman–Crippen MR) is 220 cm³/mol. The average molecular weight is 871 g/mol. The maximum Gasteiger partial charge on any atom is 0.483 e.